The summed E-state index contributed by atoms with van der Waals surface area (Å²) in [4.78, 5) is 18.1. The first-order valence-electron chi connectivity index (χ1n) is 9.60. The van der Waals surface area contributed by atoms with Crippen LogP contribution in [-0.4, -0.2) is 63.8 Å². The topological polar surface area (TPSA) is 75.2 Å². The maximum Gasteiger partial charge on any atom is 0.222 e. The molecule has 0 bridgehead atoms. The second-order valence-electron chi connectivity index (χ2n) is 6.50. The lowest BCUT2D eigenvalue weighted by Crippen LogP contribution is -2.38. The quantitative estimate of drug-likeness (QED) is 0.348. The minimum atomic E-state index is 0.253. The van der Waals surface area contributed by atoms with Gasteiger partial charge in [-0.05, 0) is 24.0 Å². The molecule has 1 saturated heterocycles. The maximum atomic E-state index is 11.9. The minimum Gasteiger partial charge on any atom is -0.382 e. The highest BCUT2D eigenvalue weighted by atomic mass is 16.5. The summed E-state index contributed by atoms with van der Waals surface area (Å²) in [6, 6.07) is 8.24. The Balaban J connectivity index is 1.75. The highest BCUT2D eigenvalue weighted by Crippen LogP contribution is 2.17. The fraction of sp³-hybridized carbons (Fsp3) is 0.600. The number of carbonyl (C=O) groups is 1. The van der Waals surface area contributed by atoms with Gasteiger partial charge in [-0.3, -0.25) is 9.79 Å². The molecule has 27 heavy (non-hydrogen) atoms. The molecule has 0 spiro atoms. The molecule has 0 atom stereocenters. The molecular weight excluding hydrogens is 344 g/mol. The molecule has 0 aliphatic carbocycles. The monoisotopic (exact) mass is 376 g/mol. The van der Waals surface area contributed by atoms with Gasteiger partial charge in [0.05, 0.1) is 13.2 Å². The number of rotatable bonds is 11. The lowest BCUT2D eigenvalue weighted by Gasteiger charge is -2.19. The van der Waals surface area contributed by atoms with Crippen LogP contribution in [0.2, 0.25) is 0 Å². The van der Waals surface area contributed by atoms with Gasteiger partial charge in [-0.1, -0.05) is 24.3 Å². The third kappa shape index (κ3) is 7.56. The molecule has 0 radical (unpaired) electrons. The average Bonchev–Trinajstić information content (AvgIpc) is 3.09. The summed E-state index contributed by atoms with van der Waals surface area (Å²) in [5.74, 6) is 1.02. The summed E-state index contributed by atoms with van der Waals surface area (Å²) in [7, 11) is 3.43. The molecule has 1 heterocycles. The van der Waals surface area contributed by atoms with E-state index in [0.29, 0.717) is 39.3 Å². The van der Waals surface area contributed by atoms with Crippen LogP contribution in [0.4, 0.5) is 0 Å². The van der Waals surface area contributed by atoms with E-state index in [1.165, 1.54) is 11.1 Å². The maximum absolute atomic E-state index is 11.9. The van der Waals surface area contributed by atoms with Crippen molar-refractivity contribution >= 4 is 11.9 Å². The van der Waals surface area contributed by atoms with E-state index < -0.39 is 0 Å². The SMILES string of the molecule is CN=C(NCCCOCCOC)NCc1ccccc1CN1CCCC1=O. The van der Waals surface area contributed by atoms with Crippen molar-refractivity contribution in [3.8, 4) is 0 Å². The first-order valence-corrected chi connectivity index (χ1v) is 9.60. The summed E-state index contributed by atoms with van der Waals surface area (Å²) in [6.45, 7) is 4.94. The van der Waals surface area contributed by atoms with Gasteiger partial charge in [0.2, 0.25) is 5.91 Å². The smallest absolute Gasteiger partial charge is 0.222 e. The van der Waals surface area contributed by atoms with Crippen molar-refractivity contribution in [2.75, 3.05) is 47.1 Å². The molecule has 1 fully saturated rings. The van der Waals surface area contributed by atoms with Crippen molar-refractivity contribution < 1.29 is 14.3 Å². The fourth-order valence-electron chi connectivity index (χ4n) is 2.99. The first kappa shape index (κ1) is 21.2. The summed E-state index contributed by atoms with van der Waals surface area (Å²) in [5.41, 5.74) is 2.37. The van der Waals surface area contributed by atoms with E-state index in [-0.39, 0.29) is 5.91 Å². The van der Waals surface area contributed by atoms with E-state index in [1.54, 1.807) is 14.2 Å². The van der Waals surface area contributed by atoms with Gasteiger partial charge in [-0.25, -0.2) is 0 Å². The van der Waals surface area contributed by atoms with E-state index in [0.717, 1.165) is 31.9 Å². The molecule has 2 rings (SSSR count). The zero-order chi connectivity index (χ0) is 19.3. The number of carbonyl (C=O) groups excluding carboxylic acids is 1. The highest BCUT2D eigenvalue weighted by molar-refractivity contribution is 5.79. The molecule has 0 aromatic heterocycles. The number of hydrogen-bond acceptors (Lipinski definition) is 4. The third-order valence-corrected chi connectivity index (χ3v) is 4.51. The molecule has 7 nitrogen and oxygen atoms in total. The van der Waals surface area contributed by atoms with Crippen LogP contribution in [-0.2, 0) is 27.4 Å². The van der Waals surface area contributed by atoms with Crippen molar-refractivity contribution in [2.45, 2.75) is 32.4 Å². The van der Waals surface area contributed by atoms with E-state index in [2.05, 4.69) is 27.8 Å². The van der Waals surface area contributed by atoms with Gasteiger partial charge in [0, 0.05) is 53.4 Å². The summed E-state index contributed by atoms with van der Waals surface area (Å²) < 4.78 is 10.4. The fourth-order valence-corrected chi connectivity index (χ4v) is 2.99. The summed E-state index contributed by atoms with van der Waals surface area (Å²) in [5, 5.41) is 6.64. The Hall–Kier alpha value is -2.12. The molecule has 1 aliphatic heterocycles. The number of nitrogens with one attached hydrogen (secondary N) is 2. The Morgan fingerprint density at radius 3 is 2.70 bits per heavy atom. The summed E-state index contributed by atoms with van der Waals surface area (Å²) >= 11 is 0. The zero-order valence-electron chi connectivity index (χ0n) is 16.5. The Bertz CT molecular complexity index is 607. The summed E-state index contributed by atoms with van der Waals surface area (Å²) in [6.07, 6.45) is 2.54. The van der Waals surface area contributed by atoms with Crippen molar-refractivity contribution in [2.24, 2.45) is 4.99 Å². The van der Waals surface area contributed by atoms with Crippen molar-refractivity contribution in [3.05, 3.63) is 35.4 Å². The standard InChI is InChI=1S/C20H32N4O3/c1-21-20(22-10-6-12-27-14-13-26-2)23-15-17-7-3-4-8-18(17)16-24-11-5-9-19(24)25/h3-4,7-8H,5-6,9-16H2,1-2H3,(H2,21,22,23). The van der Waals surface area contributed by atoms with Crippen LogP contribution in [0.3, 0.4) is 0 Å². The number of benzene rings is 1. The number of hydrogen-bond donors (Lipinski definition) is 2. The average molecular weight is 377 g/mol. The van der Waals surface area contributed by atoms with E-state index >= 15 is 0 Å². The number of guanidine groups is 1. The van der Waals surface area contributed by atoms with Gasteiger partial charge >= 0.3 is 0 Å². The largest absolute Gasteiger partial charge is 0.382 e. The number of methoxy groups -OCH3 is 1. The van der Waals surface area contributed by atoms with Crippen LogP contribution in [0.1, 0.15) is 30.4 Å². The van der Waals surface area contributed by atoms with E-state index in [9.17, 15) is 4.79 Å². The van der Waals surface area contributed by atoms with Gasteiger partial charge in [0.1, 0.15) is 0 Å². The Morgan fingerprint density at radius 1 is 1.19 bits per heavy atom. The van der Waals surface area contributed by atoms with Crippen LogP contribution >= 0.6 is 0 Å². The Morgan fingerprint density at radius 2 is 2.00 bits per heavy atom. The normalized spacial score (nSPS) is 14.7. The second kappa shape index (κ2) is 12.3. The molecule has 0 saturated carbocycles. The molecule has 1 aromatic carbocycles. The third-order valence-electron chi connectivity index (χ3n) is 4.51. The van der Waals surface area contributed by atoms with Gasteiger partial charge in [-0.2, -0.15) is 0 Å². The second-order valence-corrected chi connectivity index (χ2v) is 6.50. The van der Waals surface area contributed by atoms with Gasteiger partial charge in [-0.15, -0.1) is 0 Å². The molecule has 1 aromatic rings. The van der Waals surface area contributed by atoms with E-state index in [1.807, 2.05) is 17.0 Å². The minimum absolute atomic E-state index is 0.253. The number of amides is 1. The Kier molecular flexibility index (Phi) is 9.65. The molecule has 150 valence electrons. The van der Waals surface area contributed by atoms with Crippen LogP contribution in [0, 0.1) is 0 Å². The van der Waals surface area contributed by atoms with E-state index in [4.69, 9.17) is 9.47 Å². The van der Waals surface area contributed by atoms with Crippen LogP contribution in [0.5, 0.6) is 0 Å². The van der Waals surface area contributed by atoms with Crippen molar-refractivity contribution in [3.63, 3.8) is 0 Å². The van der Waals surface area contributed by atoms with Crippen LogP contribution in [0.25, 0.3) is 0 Å². The van der Waals surface area contributed by atoms with Gasteiger partial charge < -0.3 is 25.0 Å². The first-order chi connectivity index (χ1) is 13.2. The lowest BCUT2D eigenvalue weighted by molar-refractivity contribution is -0.128. The number of aliphatic imine (C=N–C) groups is 1. The predicted octanol–water partition coefficient (Wildman–Crippen LogP) is 1.53. The zero-order valence-corrected chi connectivity index (χ0v) is 16.5. The number of nitrogens with zero attached hydrogens (tertiary/aromatic N) is 2. The molecule has 1 amide bonds. The van der Waals surface area contributed by atoms with Gasteiger partial charge in [0.25, 0.3) is 0 Å². The molecule has 1 aliphatic rings. The number of ether oxygens (including phenoxy) is 2. The van der Waals surface area contributed by atoms with Crippen LogP contribution < -0.4 is 10.6 Å². The highest BCUT2D eigenvalue weighted by Gasteiger charge is 2.20. The molecule has 0 unspecified atom stereocenters. The van der Waals surface area contributed by atoms with Crippen molar-refractivity contribution in [1.82, 2.24) is 15.5 Å². The van der Waals surface area contributed by atoms with Crippen LogP contribution in [0.15, 0.2) is 29.3 Å². The predicted molar refractivity (Wildman–Crippen MR) is 107 cm³/mol. The lowest BCUT2D eigenvalue weighted by atomic mass is 10.1. The molecular formula is C20H32N4O3. The molecule has 7 heteroatoms. The van der Waals surface area contributed by atoms with Gasteiger partial charge in [0.15, 0.2) is 5.96 Å². The number of likely N-dealkylation sites (tertiary alicyclic amines) is 1. The molecule has 2 N–H and O–H groups in total. The van der Waals surface area contributed by atoms with Crippen molar-refractivity contribution in [1.29, 1.82) is 0 Å². The Labute approximate surface area is 162 Å².